The van der Waals surface area contributed by atoms with E-state index in [9.17, 15) is 4.79 Å². The van der Waals surface area contributed by atoms with E-state index in [1.165, 1.54) is 0 Å². The van der Waals surface area contributed by atoms with Crippen molar-refractivity contribution in [2.75, 3.05) is 31.1 Å². The highest BCUT2D eigenvalue weighted by Gasteiger charge is 2.27. The maximum atomic E-state index is 12.5. The van der Waals surface area contributed by atoms with Crippen molar-refractivity contribution in [2.45, 2.75) is 0 Å². The zero-order valence-corrected chi connectivity index (χ0v) is 17.2. The van der Waals surface area contributed by atoms with Crippen molar-refractivity contribution in [3.63, 3.8) is 0 Å². The Balaban J connectivity index is 1.20. The van der Waals surface area contributed by atoms with Crippen LogP contribution in [0.3, 0.4) is 0 Å². The molecule has 0 atom stereocenters. The van der Waals surface area contributed by atoms with Gasteiger partial charge in [0.25, 0.3) is 0 Å². The van der Waals surface area contributed by atoms with Crippen molar-refractivity contribution < 1.29 is 9.53 Å². The average molecular weight is 424 g/mol. The van der Waals surface area contributed by atoms with Crippen LogP contribution in [0.4, 0.5) is 5.95 Å². The molecular weight excluding hydrogens is 404 g/mol. The number of anilines is 1. The van der Waals surface area contributed by atoms with Crippen LogP contribution < -0.4 is 4.90 Å². The Morgan fingerprint density at radius 1 is 1.00 bits per heavy atom. The van der Waals surface area contributed by atoms with Gasteiger partial charge in [0.1, 0.15) is 0 Å². The number of pyridine rings is 1. The Morgan fingerprint density at radius 3 is 2.72 bits per heavy atom. The molecule has 2 aromatic heterocycles. The Kier molecular flexibility index (Phi) is 4.34. The molecular formula is C24H20N6O2. The number of carbonyl (C=O) groups is 1. The van der Waals surface area contributed by atoms with Crippen molar-refractivity contribution in [3.05, 3.63) is 78.4 Å². The third-order valence-electron chi connectivity index (χ3n) is 5.83. The number of nitrogens with one attached hydrogen (secondary N) is 1. The zero-order valence-electron chi connectivity index (χ0n) is 17.2. The topological polar surface area (TPSA) is 86.7 Å². The molecule has 0 aliphatic carbocycles. The number of cyclic esters (lactones) is 1. The molecule has 2 aliphatic heterocycles. The standard InChI is InChI=1S/C24H20N6O2/c31-23-21(26-22(32-23)18-7-3-5-16-4-1-2-6-17(16)18)15-29-10-12-30(13-11-29)24-27-19-8-9-25-14-20(19)28-24/h1-9,14-15H,10-13H2,(H,27,28)/b21-15+. The molecule has 0 radical (unpaired) electrons. The summed E-state index contributed by atoms with van der Waals surface area (Å²) in [4.78, 5) is 33.4. The Morgan fingerprint density at radius 2 is 1.84 bits per heavy atom. The van der Waals surface area contributed by atoms with Crippen molar-refractivity contribution in [1.29, 1.82) is 0 Å². The molecule has 2 aromatic carbocycles. The van der Waals surface area contributed by atoms with Gasteiger partial charge in [-0.1, -0.05) is 36.4 Å². The van der Waals surface area contributed by atoms with E-state index in [-0.39, 0.29) is 0 Å². The van der Waals surface area contributed by atoms with Crippen LogP contribution in [0.5, 0.6) is 0 Å². The SMILES string of the molecule is O=C1OC(c2cccc3ccccc23)=N/C1=C/N1CCN(c2nc3ccncc3[nH]2)CC1. The van der Waals surface area contributed by atoms with Gasteiger partial charge in [0.2, 0.25) is 11.8 Å². The van der Waals surface area contributed by atoms with E-state index in [2.05, 4.69) is 29.7 Å². The summed E-state index contributed by atoms with van der Waals surface area (Å²) in [5.41, 5.74) is 2.99. The maximum Gasteiger partial charge on any atom is 0.365 e. The van der Waals surface area contributed by atoms with Crippen molar-refractivity contribution in [1.82, 2.24) is 19.9 Å². The number of hydrogen-bond donors (Lipinski definition) is 1. The van der Waals surface area contributed by atoms with Crippen molar-refractivity contribution in [2.24, 2.45) is 4.99 Å². The second kappa shape index (κ2) is 7.49. The lowest BCUT2D eigenvalue weighted by Gasteiger charge is -2.33. The van der Waals surface area contributed by atoms with Crippen LogP contribution in [-0.2, 0) is 9.53 Å². The number of aromatic nitrogens is 3. The second-order valence-corrected chi connectivity index (χ2v) is 7.82. The number of nitrogens with zero attached hydrogens (tertiary/aromatic N) is 5. The van der Waals surface area contributed by atoms with E-state index in [0.717, 1.165) is 59.5 Å². The molecule has 0 saturated carbocycles. The number of carbonyl (C=O) groups excluding carboxylic acids is 1. The summed E-state index contributed by atoms with van der Waals surface area (Å²) in [5, 5.41) is 2.09. The molecule has 0 amide bonds. The van der Waals surface area contributed by atoms with E-state index in [1.807, 2.05) is 48.5 Å². The van der Waals surface area contributed by atoms with Crippen LogP contribution in [-0.4, -0.2) is 57.9 Å². The quantitative estimate of drug-likeness (QED) is 0.402. The number of esters is 1. The fourth-order valence-electron chi connectivity index (χ4n) is 4.16. The fraction of sp³-hybridized carbons (Fsp3) is 0.167. The summed E-state index contributed by atoms with van der Waals surface area (Å²) in [6.07, 6.45) is 5.33. The number of benzene rings is 2. The van der Waals surface area contributed by atoms with Gasteiger partial charge in [-0.2, -0.15) is 0 Å². The zero-order chi connectivity index (χ0) is 21.5. The number of aromatic amines is 1. The van der Waals surface area contributed by atoms with Gasteiger partial charge in [-0.15, -0.1) is 0 Å². The molecule has 6 rings (SSSR count). The largest absolute Gasteiger partial charge is 0.402 e. The van der Waals surface area contributed by atoms with Gasteiger partial charge >= 0.3 is 5.97 Å². The summed E-state index contributed by atoms with van der Waals surface area (Å²) < 4.78 is 5.52. The summed E-state index contributed by atoms with van der Waals surface area (Å²) in [6, 6.07) is 15.8. The van der Waals surface area contributed by atoms with Gasteiger partial charge in [-0.05, 0) is 22.9 Å². The minimum atomic E-state index is -0.417. The van der Waals surface area contributed by atoms with Crippen molar-refractivity contribution >= 4 is 39.6 Å². The van der Waals surface area contributed by atoms with E-state index in [1.54, 1.807) is 18.6 Å². The predicted molar refractivity (Wildman–Crippen MR) is 122 cm³/mol. The van der Waals surface area contributed by atoms with Crippen LogP contribution in [0.1, 0.15) is 5.56 Å². The smallest absolute Gasteiger partial charge is 0.365 e. The van der Waals surface area contributed by atoms with Gasteiger partial charge < -0.3 is 19.5 Å². The van der Waals surface area contributed by atoms with Crippen LogP contribution in [0, 0.1) is 0 Å². The second-order valence-electron chi connectivity index (χ2n) is 7.82. The van der Waals surface area contributed by atoms with Crippen LogP contribution >= 0.6 is 0 Å². The lowest BCUT2D eigenvalue weighted by atomic mass is 10.0. The van der Waals surface area contributed by atoms with Gasteiger partial charge in [0.05, 0.1) is 17.2 Å². The van der Waals surface area contributed by atoms with E-state index in [4.69, 9.17) is 4.74 Å². The Labute approximate surface area is 183 Å². The van der Waals surface area contributed by atoms with Gasteiger partial charge in [-0.3, -0.25) is 4.98 Å². The predicted octanol–water partition coefficient (Wildman–Crippen LogP) is 3.08. The molecule has 0 bridgehead atoms. The molecule has 2 aliphatic rings. The molecule has 4 heterocycles. The maximum absolute atomic E-state index is 12.5. The molecule has 1 fully saturated rings. The molecule has 158 valence electrons. The molecule has 32 heavy (non-hydrogen) atoms. The lowest BCUT2D eigenvalue weighted by molar-refractivity contribution is -0.130. The number of aliphatic imine (C=N–C) groups is 1. The first-order chi connectivity index (χ1) is 15.7. The third kappa shape index (κ3) is 3.26. The monoisotopic (exact) mass is 424 g/mol. The molecule has 1 saturated heterocycles. The Hall–Kier alpha value is -4.20. The average Bonchev–Trinajstić information content (AvgIpc) is 3.43. The summed E-state index contributed by atoms with van der Waals surface area (Å²) >= 11 is 0. The number of imidazole rings is 1. The highest BCUT2D eigenvalue weighted by Crippen LogP contribution is 2.24. The molecule has 4 aromatic rings. The minimum absolute atomic E-state index is 0.330. The summed E-state index contributed by atoms with van der Waals surface area (Å²) in [7, 11) is 0. The molecule has 8 nitrogen and oxygen atoms in total. The molecule has 8 heteroatoms. The molecule has 1 N–H and O–H groups in total. The number of rotatable bonds is 3. The number of fused-ring (bicyclic) bond motifs is 2. The lowest BCUT2D eigenvalue weighted by Crippen LogP contribution is -2.44. The normalized spacial score (nSPS) is 17.9. The number of ether oxygens (including phenoxy) is 1. The summed E-state index contributed by atoms with van der Waals surface area (Å²) in [5.74, 6) is 0.782. The number of H-pyrrole nitrogens is 1. The number of hydrogen-bond acceptors (Lipinski definition) is 7. The number of piperazine rings is 1. The first-order valence-corrected chi connectivity index (χ1v) is 10.5. The fourth-order valence-corrected chi connectivity index (χ4v) is 4.16. The molecule has 0 unspecified atom stereocenters. The van der Waals surface area contributed by atoms with E-state index >= 15 is 0 Å². The first kappa shape index (κ1) is 18.6. The highest BCUT2D eigenvalue weighted by molar-refractivity contribution is 6.16. The van der Waals surface area contributed by atoms with Gasteiger partial charge in [0.15, 0.2) is 5.70 Å². The highest BCUT2D eigenvalue weighted by atomic mass is 16.6. The third-order valence-corrected chi connectivity index (χ3v) is 5.83. The van der Waals surface area contributed by atoms with Crippen LogP contribution in [0.25, 0.3) is 21.8 Å². The van der Waals surface area contributed by atoms with Gasteiger partial charge in [-0.25, -0.2) is 14.8 Å². The first-order valence-electron chi connectivity index (χ1n) is 10.5. The minimum Gasteiger partial charge on any atom is -0.402 e. The van der Waals surface area contributed by atoms with Crippen molar-refractivity contribution in [3.8, 4) is 0 Å². The van der Waals surface area contributed by atoms with Crippen LogP contribution in [0.2, 0.25) is 0 Å². The molecule has 0 spiro atoms. The van der Waals surface area contributed by atoms with E-state index in [0.29, 0.717) is 11.6 Å². The van der Waals surface area contributed by atoms with Crippen LogP contribution in [0.15, 0.2) is 77.8 Å². The van der Waals surface area contributed by atoms with E-state index < -0.39 is 5.97 Å². The summed E-state index contributed by atoms with van der Waals surface area (Å²) in [6.45, 7) is 3.08. The Bertz CT molecular complexity index is 1360. The van der Waals surface area contributed by atoms with Gasteiger partial charge in [0, 0.05) is 44.1 Å².